The van der Waals surface area contributed by atoms with Crippen LogP contribution in [0.4, 0.5) is 0 Å². The molecule has 19 heavy (non-hydrogen) atoms. The van der Waals surface area contributed by atoms with Crippen LogP contribution in [0.3, 0.4) is 0 Å². The van der Waals surface area contributed by atoms with Crippen LogP contribution in [0.5, 0.6) is 0 Å². The van der Waals surface area contributed by atoms with Crippen LogP contribution in [0.15, 0.2) is 9.64 Å². The number of rotatable bonds is 7. The van der Waals surface area contributed by atoms with Crippen molar-refractivity contribution in [3.05, 3.63) is 11.5 Å². The first-order chi connectivity index (χ1) is 8.90. The van der Waals surface area contributed by atoms with Crippen LogP contribution in [0.1, 0.15) is 45.1 Å². The summed E-state index contributed by atoms with van der Waals surface area (Å²) in [6, 6.07) is 2.37. The molecule has 2 atom stereocenters. The van der Waals surface area contributed by atoms with E-state index in [2.05, 4.69) is 30.2 Å². The molecule has 0 aromatic carbocycles. The van der Waals surface area contributed by atoms with Crippen molar-refractivity contribution in [2.45, 2.75) is 63.5 Å². The minimum absolute atomic E-state index is 0.270. The van der Waals surface area contributed by atoms with Crippen molar-refractivity contribution in [2.75, 3.05) is 6.54 Å². The second-order valence-electron chi connectivity index (χ2n) is 5.12. The second-order valence-corrected chi connectivity index (χ2v) is 6.51. The van der Waals surface area contributed by atoms with Gasteiger partial charge < -0.3 is 4.42 Å². The normalized spacial score (nSPS) is 15.8. The summed E-state index contributed by atoms with van der Waals surface area (Å²) in [6.07, 6.45) is 1.78. The van der Waals surface area contributed by atoms with Crippen LogP contribution in [-0.2, 0) is 0 Å². The van der Waals surface area contributed by atoms with Crippen molar-refractivity contribution in [3.8, 4) is 6.07 Å². The van der Waals surface area contributed by atoms with Crippen molar-refractivity contribution in [3.63, 3.8) is 0 Å². The molecule has 0 aliphatic rings. The third-order valence-corrected chi connectivity index (χ3v) is 3.96. The number of hydrogen-bond acceptors (Lipinski definition) is 5. The number of oxazole rings is 1. The maximum absolute atomic E-state index is 9.31. The summed E-state index contributed by atoms with van der Waals surface area (Å²) in [7, 11) is 0. The van der Waals surface area contributed by atoms with Crippen molar-refractivity contribution in [1.29, 1.82) is 5.26 Å². The number of aryl methyl sites for hydroxylation is 2. The van der Waals surface area contributed by atoms with Crippen molar-refractivity contribution in [2.24, 2.45) is 0 Å². The highest BCUT2D eigenvalue weighted by Crippen LogP contribution is 2.29. The molecule has 5 heteroatoms. The zero-order chi connectivity index (χ0) is 14.5. The Morgan fingerprint density at radius 1 is 1.53 bits per heavy atom. The molecule has 1 aromatic heterocycles. The monoisotopic (exact) mass is 281 g/mol. The first-order valence-corrected chi connectivity index (χ1v) is 7.55. The Morgan fingerprint density at radius 2 is 2.21 bits per heavy atom. The standard InChI is InChI=1S/C14H23N3OS/c1-6-7-16-14(5,9-15)8-10(2)19-13-17-11(3)12(4)18-13/h10,16H,6-8H2,1-5H3. The predicted octanol–water partition coefficient (Wildman–Crippen LogP) is 3.44. The van der Waals surface area contributed by atoms with Crippen LogP contribution in [0.25, 0.3) is 0 Å². The summed E-state index contributed by atoms with van der Waals surface area (Å²) in [5, 5.41) is 13.6. The van der Waals surface area contributed by atoms with E-state index in [0.717, 1.165) is 30.8 Å². The van der Waals surface area contributed by atoms with E-state index >= 15 is 0 Å². The van der Waals surface area contributed by atoms with Gasteiger partial charge in [0.2, 0.25) is 0 Å². The van der Waals surface area contributed by atoms with Gasteiger partial charge in [-0.3, -0.25) is 5.32 Å². The highest BCUT2D eigenvalue weighted by atomic mass is 32.2. The van der Waals surface area contributed by atoms with Gasteiger partial charge in [-0.25, -0.2) is 4.98 Å². The Kier molecular flexibility index (Phi) is 5.89. The van der Waals surface area contributed by atoms with E-state index in [0.29, 0.717) is 5.22 Å². The molecule has 0 spiro atoms. The molecule has 106 valence electrons. The van der Waals surface area contributed by atoms with Crippen LogP contribution >= 0.6 is 11.8 Å². The Labute approximate surface area is 120 Å². The third kappa shape index (κ3) is 4.88. The van der Waals surface area contributed by atoms with Gasteiger partial charge in [-0.2, -0.15) is 5.26 Å². The summed E-state index contributed by atoms with van der Waals surface area (Å²) < 4.78 is 5.56. The third-order valence-electron chi connectivity index (χ3n) is 3.02. The Morgan fingerprint density at radius 3 is 2.68 bits per heavy atom. The van der Waals surface area contributed by atoms with E-state index in [9.17, 15) is 5.26 Å². The Hall–Kier alpha value is -0.990. The highest BCUT2D eigenvalue weighted by Gasteiger charge is 2.26. The van der Waals surface area contributed by atoms with Gasteiger partial charge in [0.15, 0.2) is 0 Å². The molecule has 1 heterocycles. The minimum atomic E-state index is -0.487. The lowest BCUT2D eigenvalue weighted by molar-refractivity contribution is 0.411. The van der Waals surface area contributed by atoms with E-state index in [-0.39, 0.29) is 5.25 Å². The van der Waals surface area contributed by atoms with Crippen molar-refractivity contribution < 1.29 is 4.42 Å². The quantitative estimate of drug-likeness (QED) is 0.776. The molecule has 0 saturated carbocycles. The number of aromatic nitrogens is 1. The van der Waals surface area contributed by atoms with Gasteiger partial charge in [-0.15, -0.1) is 0 Å². The van der Waals surface area contributed by atoms with Gasteiger partial charge in [-0.1, -0.05) is 25.6 Å². The van der Waals surface area contributed by atoms with E-state index in [1.165, 1.54) is 0 Å². The molecule has 2 unspecified atom stereocenters. The molecule has 0 aliphatic heterocycles. The van der Waals surface area contributed by atoms with Gasteiger partial charge in [0.25, 0.3) is 5.22 Å². The van der Waals surface area contributed by atoms with Gasteiger partial charge in [0, 0.05) is 5.25 Å². The number of nitrogens with one attached hydrogen (secondary N) is 1. The number of thioether (sulfide) groups is 1. The summed E-state index contributed by atoms with van der Waals surface area (Å²) in [6.45, 7) is 10.9. The molecule has 0 amide bonds. The first kappa shape index (κ1) is 16.1. The van der Waals surface area contributed by atoms with Crippen molar-refractivity contribution >= 4 is 11.8 Å². The molecule has 1 rings (SSSR count). The Bertz CT molecular complexity index is 433. The molecule has 1 N–H and O–H groups in total. The molecule has 0 radical (unpaired) electrons. The molecule has 0 aliphatic carbocycles. The van der Waals surface area contributed by atoms with Gasteiger partial charge >= 0.3 is 0 Å². The zero-order valence-corrected chi connectivity index (χ0v) is 13.2. The smallest absolute Gasteiger partial charge is 0.256 e. The fourth-order valence-electron chi connectivity index (χ4n) is 1.84. The van der Waals surface area contributed by atoms with Crippen LogP contribution in [0, 0.1) is 25.2 Å². The summed E-state index contributed by atoms with van der Waals surface area (Å²) in [4.78, 5) is 4.36. The molecular formula is C14H23N3OS. The zero-order valence-electron chi connectivity index (χ0n) is 12.4. The van der Waals surface area contributed by atoms with Gasteiger partial charge in [-0.05, 0) is 40.2 Å². The second kappa shape index (κ2) is 6.97. The summed E-state index contributed by atoms with van der Waals surface area (Å²) in [5.41, 5.74) is 0.445. The van der Waals surface area contributed by atoms with E-state index in [4.69, 9.17) is 4.42 Å². The lowest BCUT2D eigenvalue weighted by Gasteiger charge is -2.25. The van der Waals surface area contributed by atoms with Gasteiger partial charge in [0.05, 0.1) is 11.8 Å². The maximum Gasteiger partial charge on any atom is 0.256 e. The van der Waals surface area contributed by atoms with E-state index < -0.39 is 5.54 Å². The highest BCUT2D eigenvalue weighted by molar-refractivity contribution is 7.99. The first-order valence-electron chi connectivity index (χ1n) is 6.67. The minimum Gasteiger partial charge on any atom is -0.437 e. The van der Waals surface area contributed by atoms with E-state index in [1.807, 2.05) is 20.8 Å². The average Bonchev–Trinajstić information content (AvgIpc) is 2.65. The lowest BCUT2D eigenvalue weighted by Crippen LogP contribution is -2.43. The van der Waals surface area contributed by atoms with Crippen LogP contribution in [-0.4, -0.2) is 22.3 Å². The number of nitriles is 1. The summed E-state index contributed by atoms with van der Waals surface area (Å²) >= 11 is 1.59. The number of nitrogens with zero attached hydrogens (tertiary/aromatic N) is 2. The SMILES string of the molecule is CCCNC(C)(C#N)CC(C)Sc1nc(C)c(C)o1. The fraction of sp³-hybridized carbons (Fsp3) is 0.714. The maximum atomic E-state index is 9.31. The Balaban J connectivity index is 2.58. The molecule has 0 bridgehead atoms. The molecule has 4 nitrogen and oxygen atoms in total. The van der Waals surface area contributed by atoms with Crippen LogP contribution < -0.4 is 5.32 Å². The van der Waals surface area contributed by atoms with Crippen molar-refractivity contribution in [1.82, 2.24) is 10.3 Å². The average molecular weight is 281 g/mol. The molecule has 0 saturated heterocycles. The fourth-order valence-corrected chi connectivity index (χ4v) is 2.96. The number of hydrogen-bond donors (Lipinski definition) is 1. The van der Waals surface area contributed by atoms with E-state index in [1.54, 1.807) is 11.8 Å². The molecular weight excluding hydrogens is 258 g/mol. The molecule has 0 fully saturated rings. The van der Waals surface area contributed by atoms with Gasteiger partial charge in [0.1, 0.15) is 11.3 Å². The summed E-state index contributed by atoms with van der Waals surface area (Å²) in [5.74, 6) is 0.863. The largest absolute Gasteiger partial charge is 0.437 e. The molecule has 1 aromatic rings. The lowest BCUT2D eigenvalue weighted by atomic mass is 9.98. The van der Waals surface area contributed by atoms with Crippen LogP contribution in [0.2, 0.25) is 0 Å². The predicted molar refractivity (Wildman–Crippen MR) is 78.2 cm³/mol. The topological polar surface area (TPSA) is 61.9 Å².